The molecule has 1 heterocycles. The number of ether oxygens (including phenoxy) is 2. The molecule has 0 aliphatic carbocycles. The van der Waals surface area contributed by atoms with E-state index in [1.54, 1.807) is 37.3 Å². The van der Waals surface area contributed by atoms with Crippen molar-refractivity contribution in [3.05, 3.63) is 52.6 Å². The fourth-order valence-corrected chi connectivity index (χ4v) is 4.39. The Kier molecular flexibility index (Phi) is 6.14. The van der Waals surface area contributed by atoms with Gasteiger partial charge < -0.3 is 14.4 Å². The van der Waals surface area contributed by atoms with Crippen molar-refractivity contribution in [1.82, 2.24) is 9.62 Å². The number of carbonyl (C=O) groups excluding carboxylic acids is 1. The molecular formula is C21H26N2O5S. The molecule has 1 amide bonds. The first-order valence-corrected chi connectivity index (χ1v) is 10.8. The summed E-state index contributed by atoms with van der Waals surface area (Å²) in [5.74, 6) is 1.00. The summed E-state index contributed by atoms with van der Waals surface area (Å²) in [6.45, 7) is 4.42. The highest BCUT2D eigenvalue weighted by Gasteiger charge is 2.24. The molecule has 29 heavy (non-hydrogen) atoms. The quantitative estimate of drug-likeness (QED) is 0.777. The zero-order valence-electron chi connectivity index (χ0n) is 17.1. The number of nitrogens with zero attached hydrogens (tertiary/aromatic N) is 1. The lowest BCUT2D eigenvalue weighted by atomic mass is 9.98. The van der Waals surface area contributed by atoms with Crippen LogP contribution < -0.4 is 14.2 Å². The van der Waals surface area contributed by atoms with Crippen LogP contribution in [0.3, 0.4) is 0 Å². The molecule has 2 aromatic rings. The largest absolute Gasteiger partial charge is 0.493 e. The van der Waals surface area contributed by atoms with Gasteiger partial charge in [0, 0.05) is 13.1 Å². The second-order valence-electron chi connectivity index (χ2n) is 7.11. The van der Waals surface area contributed by atoms with Crippen LogP contribution in [0.4, 0.5) is 0 Å². The first-order valence-electron chi connectivity index (χ1n) is 9.33. The molecule has 0 saturated carbocycles. The van der Waals surface area contributed by atoms with E-state index >= 15 is 0 Å². The zero-order chi connectivity index (χ0) is 21.2. The lowest BCUT2D eigenvalue weighted by molar-refractivity contribution is -0.130. The summed E-state index contributed by atoms with van der Waals surface area (Å²) in [6, 6.07) is 8.71. The average Bonchev–Trinajstić information content (AvgIpc) is 2.72. The third-order valence-corrected chi connectivity index (χ3v) is 6.67. The molecule has 0 saturated heterocycles. The number of hydrogen-bond acceptors (Lipinski definition) is 5. The van der Waals surface area contributed by atoms with Crippen molar-refractivity contribution in [1.29, 1.82) is 0 Å². The normalized spacial score (nSPS) is 13.7. The minimum atomic E-state index is -3.75. The van der Waals surface area contributed by atoms with Gasteiger partial charge in [0.1, 0.15) is 0 Å². The molecule has 0 radical (unpaired) electrons. The van der Waals surface area contributed by atoms with Crippen LogP contribution in [0, 0.1) is 13.8 Å². The van der Waals surface area contributed by atoms with E-state index < -0.39 is 10.0 Å². The molecule has 1 N–H and O–H groups in total. The molecule has 0 atom stereocenters. The summed E-state index contributed by atoms with van der Waals surface area (Å²) in [7, 11) is -0.593. The fourth-order valence-electron chi connectivity index (χ4n) is 3.33. The molecule has 1 aliphatic heterocycles. The number of benzene rings is 2. The van der Waals surface area contributed by atoms with Gasteiger partial charge in [-0.05, 0) is 66.8 Å². The summed E-state index contributed by atoms with van der Waals surface area (Å²) >= 11 is 0. The van der Waals surface area contributed by atoms with Crippen molar-refractivity contribution >= 4 is 15.9 Å². The predicted octanol–water partition coefficient (Wildman–Crippen LogP) is 2.18. The maximum Gasteiger partial charge on any atom is 0.241 e. The lowest BCUT2D eigenvalue weighted by Gasteiger charge is -2.29. The highest BCUT2D eigenvalue weighted by atomic mass is 32.2. The minimum Gasteiger partial charge on any atom is -0.493 e. The number of carbonyl (C=O) groups is 1. The molecule has 0 fully saturated rings. The molecule has 0 aromatic heterocycles. The van der Waals surface area contributed by atoms with Crippen LogP contribution in [0.2, 0.25) is 0 Å². The van der Waals surface area contributed by atoms with Crippen LogP contribution in [0.1, 0.15) is 22.3 Å². The topological polar surface area (TPSA) is 84.9 Å². The van der Waals surface area contributed by atoms with Crippen LogP contribution in [0.15, 0.2) is 35.2 Å². The van der Waals surface area contributed by atoms with E-state index in [1.165, 1.54) is 0 Å². The summed E-state index contributed by atoms with van der Waals surface area (Å²) in [4.78, 5) is 14.4. The average molecular weight is 419 g/mol. The van der Waals surface area contributed by atoms with Crippen molar-refractivity contribution in [2.75, 3.05) is 27.3 Å². The second kappa shape index (κ2) is 8.42. The molecule has 3 rings (SSSR count). The summed E-state index contributed by atoms with van der Waals surface area (Å²) < 4.78 is 38.1. The van der Waals surface area contributed by atoms with E-state index in [0.717, 1.165) is 22.3 Å². The van der Waals surface area contributed by atoms with E-state index in [-0.39, 0.29) is 17.3 Å². The Bertz CT molecular complexity index is 1030. The van der Waals surface area contributed by atoms with E-state index in [2.05, 4.69) is 4.72 Å². The Labute approximate surface area is 171 Å². The third kappa shape index (κ3) is 4.54. The number of hydrogen-bond donors (Lipinski definition) is 1. The van der Waals surface area contributed by atoms with Gasteiger partial charge in [-0.3, -0.25) is 4.79 Å². The van der Waals surface area contributed by atoms with Crippen LogP contribution in [-0.2, 0) is 27.8 Å². The van der Waals surface area contributed by atoms with Gasteiger partial charge in [0.05, 0.1) is 25.7 Å². The smallest absolute Gasteiger partial charge is 0.241 e. The van der Waals surface area contributed by atoms with Gasteiger partial charge in [0.25, 0.3) is 0 Å². The lowest BCUT2D eigenvalue weighted by Crippen LogP contribution is -2.42. The molecule has 0 unspecified atom stereocenters. The first-order chi connectivity index (χ1) is 13.7. The minimum absolute atomic E-state index is 0.161. The number of methoxy groups -OCH3 is 2. The monoisotopic (exact) mass is 418 g/mol. The van der Waals surface area contributed by atoms with Gasteiger partial charge in [-0.15, -0.1) is 0 Å². The van der Waals surface area contributed by atoms with Gasteiger partial charge >= 0.3 is 0 Å². The molecule has 2 aromatic carbocycles. The van der Waals surface area contributed by atoms with E-state index in [1.807, 2.05) is 26.0 Å². The van der Waals surface area contributed by atoms with E-state index in [4.69, 9.17) is 9.47 Å². The first kappa shape index (κ1) is 21.1. The van der Waals surface area contributed by atoms with Crippen LogP contribution in [-0.4, -0.2) is 46.5 Å². The maximum atomic E-state index is 12.6. The predicted molar refractivity (Wildman–Crippen MR) is 110 cm³/mol. The number of aryl methyl sites for hydroxylation is 2. The van der Waals surface area contributed by atoms with Gasteiger partial charge in [0.2, 0.25) is 15.9 Å². The SMILES string of the molecule is COc1cc2c(cc1OC)CN(C(=O)CNS(=O)(=O)c1ccc(C)c(C)c1)CC2. The number of nitrogens with one attached hydrogen (secondary N) is 1. The van der Waals surface area contributed by atoms with Crippen LogP contribution in [0.5, 0.6) is 11.5 Å². The number of rotatable bonds is 6. The van der Waals surface area contributed by atoms with E-state index in [9.17, 15) is 13.2 Å². The molecule has 0 bridgehead atoms. The Morgan fingerprint density at radius 3 is 2.31 bits per heavy atom. The summed E-state index contributed by atoms with van der Waals surface area (Å²) in [6.07, 6.45) is 0.672. The van der Waals surface area contributed by atoms with Crippen molar-refractivity contribution in [3.8, 4) is 11.5 Å². The Morgan fingerprint density at radius 2 is 1.69 bits per heavy atom. The van der Waals surface area contributed by atoms with Gasteiger partial charge in [0.15, 0.2) is 11.5 Å². The zero-order valence-corrected chi connectivity index (χ0v) is 17.9. The van der Waals surface area contributed by atoms with Gasteiger partial charge in [-0.25, -0.2) is 13.1 Å². The van der Waals surface area contributed by atoms with Gasteiger partial charge in [-0.1, -0.05) is 6.07 Å². The third-order valence-electron chi connectivity index (χ3n) is 5.27. The van der Waals surface area contributed by atoms with Crippen molar-refractivity contribution in [3.63, 3.8) is 0 Å². The highest BCUT2D eigenvalue weighted by molar-refractivity contribution is 7.89. The molecule has 0 spiro atoms. The summed E-state index contributed by atoms with van der Waals surface area (Å²) in [5, 5.41) is 0. The molecule has 7 nitrogen and oxygen atoms in total. The second-order valence-corrected chi connectivity index (χ2v) is 8.88. The summed E-state index contributed by atoms with van der Waals surface area (Å²) in [5.41, 5.74) is 3.97. The van der Waals surface area contributed by atoms with Crippen molar-refractivity contribution < 1.29 is 22.7 Å². The highest BCUT2D eigenvalue weighted by Crippen LogP contribution is 2.33. The van der Waals surface area contributed by atoms with Crippen LogP contribution in [0.25, 0.3) is 0 Å². The molecule has 8 heteroatoms. The standard InChI is InChI=1S/C21H26N2O5S/c1-14-5-6-18(9-15(14)2)29(25,26)22-12-21(24)23-8-7-16-10-19(27-3)20(28-4)11-17(16)13-23/h5-6,9-11,22H,7-8,12-13H2,1-4H3. The molecule has 1 aliphatic rings. The number of sulfonamides is 1. The Hall–Kier alpha value is -2.58. The molecular weight excluding hydrogens is 392 g/mol. The van der Waals surface area contributed by atoms with Crippen molar-refractivity contribution in [2.45, 2.75) is 31.7 Å². The molecule has 156 valence electrons. The number of amides is 1. The number of fused-ring (bicyclic) bond motifs is 1. The fraction of sp³-hybridized carbons (Fsp3) is 0.381. The maximum absolute atomic E-state index is 12.6. The van der Waals surface area contributed by atoms with E-state index in [0.29, 0.717) is 31.0 Å². The van der Waals surface area contributed by atoms with Gasteiger partial charge in [-0.2, -0.15) is 0 Å². The van der Waals surface area contributed by atoms with Crippen LogP contribution >= 0.6 is 0 Å². The Morgan fingerprint density at radius 1 is 1.03 bits per heavy atom. The Balaban J connectivity index is 1.68. The van der Waals surface area contributed by atoms with Crippen molar-refractivity contribution in [2.24, 2.45) is 0 Å².